The van der Waals surface area contributed by atoms with Crippen LogP contribution in [0.3, 0.4) is 0 Å². The normalized spacial score (nSPS) is 11.6. The number of methoxy groups -OCH3 is 1. The number of hydrogen-bond acceptors (Lipinski definition) is 4. The van der Waals surface area contributed by atoms with Crippen molar-refractivity contribution >= 4 is 22.6 Å². The van der Waals surface area contributed by atoms with E-state index in [4.69, 9.17) is 10.5 Å². The number of nitrogens with zero attached hydrogens (tertiary/aromatic N) is 1. The fourth-order valence-electron chi connectivity index (χ4n) is 1.58. The van der Waals surface area contributed by atoms with Crippen LogP contribution in [0.5, 0.6) is 5.75 Å². The van der Waals surface area contributed by atoms with Crippen LogP contribution in [0.15, 0.2) is 41.8 Å². The van der Waals surface area contributed by atoms with Gasteiger partial charge in [0, 0.05) is 4.88 Å². The second kappa shape index (κ2) is 5.39. The fraction of sp³-hybridized carbons (Fsp3) is 0.0714. The van der Waals surface area contributed by atoms with Gasteiger partial charge in [-0.1, -0.05) is 6.07 Å². The molecule has 0 saturated carbocycles. The van der Waals surface area contributed by atoms with Crippen molar-refractivity contribution in [1.82, 2.24) is 0 Å². The van der Waals surface area contributed by atoms with Gasteiger partial charge in [-0.05, 0) is 41.3 Å². The van der Waals surface area contributed by atoms with Crippen LogP contribution in [0.25, 0.3) is 11.3 Å². The molecular weight excluding hydrogens is 244 g/mol. The topological polar surface area (TPSA) is 59.0 Å². The van der Waals surface area contributed by atoms with Gasteiger partial charge in [-0.3, -0.25) is 0 Å². The van der Waals surface area contributed by atoms with Gasteiger partial charge in [0.15, 0.2) is 0 Å². The zero-order valence-electron chi connectivity index (χ0n) is 9.88. The Morgan fingerprint density at radius 1 is 1.28 bits per heavy atom. The Labute approximate surface area is 110 Å². The molecule has 1 heterocycles. The number of rotatable bonds is 3. The van der Waals surface area contributed by atoms with Crippen molar-refractivity contribution in [2.24, 2.45) is 5.73 Å². The van der Waals surface area contributed by atoms with E-state index in [9.17, 15) is 5.26 Å². The van der Waals surface area contributed by atoms with E-state index >= 15 is 0 Å². The molecule has 1 aromatic carbocycles. The highest BCUT2D eigenvalue weighted by Crippen LogP contribution is 2.26. The Morgan fingerprint density at radius 3 is 2.50 bits per heavy atom. The van der Waals surface area contributed by atoms with Crippen LogP contribution in [0, 0.1) is 11.3 Å². The van der Waals surface area contributed by atoms with Gasteiger partial charge in [0.2, 0.25) is 0 Å². The van der Waals surface area contributed by atoms with Gasteiger partial charge >= 0.3 is 0 Å². The molecule has 0 amide bonds. The smallest absolute Gasteiger partial charge is 0.118 e. The molecule has 2 rings (SSSR count). The van der Waals surface area contributed by atoms with Gasteiger partial charge in [-0.25, -0.2) is 0 Å². The molecule has 0 aliphatic heterocycles. The zero-order valence-corrected chi connectivity index (χ0v) is 10.7. The van der Waals surface area contributed by atoms with Crippen molar-refractivity contribution in [3.05, 3.63) is 52.2 Å². The van der Waals surface area contributed by atoms with Gasteiger partial charge < -0.3 is 10.5 Å². The summed E-state index contributed by atoms with van der Waals surface area (Å²) in [4.78, 5) is 0.880. The molecule has 0 atom stereocenters. The first-order valence-corrected chi connectivity index (χ1v) is 6.22. The van der Waals surface area contributed by atoms with E-state index in [0.717, 1.165) is 16.2 Å². The second-order valence-electron chi connectivity index (χ2n) is 3.61. The number of nitrogens with two attached hydrogens (primary N) is 1. The van der Waals surface area contributed by atoms with Gasteiger partial charge in [-0.15, -0.1) is 11.3 Å². The molecule has 3 nitrogen and oxygen atoms in total. The molecule has 0 radical (unpaired) electrons. The molecule has 4 heteroatoms. The predicted octanol–water partition coefficient (Wildman–Crippen LogP) is 3.11. The molecule has 0 aliphatic rings. The third kappa shape index (κ3) is 2.36. The number of allylic oxidation sites excluding steroid dienone is 1. The first-order chi connectivity index (χ1) is 8.76. The molecule has 0 fully saturated rings. The second-order valence-corrected chi connectivity index (χ2v) is 4.55. The van der Waals surface area contributed by atoms with Gasteiger partial charge in [0.05, 0.1) is 18.4 Å². The van der Waals surface area contributed by atoms with Crippen molar-refractivity contribution in [2.75, 3.05) is 7.11 Å². The van der Waals surface area contributed by atoms with Crippen LogP contribution in [-0.2, 0) is 0 Å². The van der Waals surface area contributed by atoms with E-state index < -0.39 is 0 Å². The molecule has 0 unspecified atom stereocenters. The molecule has 1 aromatic heterocycles. The van der Waals surface area contributed by atoms with E-state index in [0.29, 0.717) is 11.3 Å². The summed E-state index contributed by atoms with van der Waals surface area (Å²) in [7, 11) is 1.61. The highest BCUT2D eigenvalue weighted by Gasteiger charge is 2.09. The lowest BCUT2D eigenvalue weighted by Crippen LogP contribution is -1.99. The van der Waals surface area contributed by atoms with Gasteiger partial charge in [-0.2, -0.15) is 5.26 Å². The Hall–Kier alpha value is -2.25. The molecule has 18 heavy (non-hydrogen) atoms. The van der Waals surface area contributed by atoms with Crippen LogP contribution in [0.4, 0.5) is 0 Å². The van der Waals surface area contributed by atoms with Gasteiger partial charge in [0.25, 0.3) is 0 Å². The first kappa shape index (κ1) is 12.2. The molecular formula is C14H12N2OS. The van der Waals surface area contributed by atoms with E-state index in [1.807, 2.05) is 41.8 Å². The van der Waals surface area contributed by atoms with Crippen molar-refractivity contribution in [3.63, 3.8) is 0 Å². The summed E-state index contributed by atoms with van der Waals surface area (Å²) >= 11 is 1.50. The lowest BCUT2D eigenvalue weighted by atomic mass is 10.1. The van der Waals surface area contributed by atoms with Crippen molar-refractivity contribution in [3.8, 4) is 11.8 Å². The van der Waals surface area contributed by atoms with Crippen molar-refractivity contribution in [2.45, 2.75) is 0 Å². The van der Waals surface area contributed by atoms with Gasteiger partial charge in [0.1, 0.15) is 11.8 Å². The molecule has 2 N–H and O–H groups in total. The van der Waals surface area contributed by atoms with Crippen LogP contribution >= 0.6 is 11.3 Å². The minimum absolute atomic E-state index is 0.489. The monoisotopic (exact) mass is 256 g/mol. The van der Waals surface area contributed by atoms with E-state index in [1.165, 1.54) is 11.3 Å². The lowest BCUT2D eigenvalue weighted by Gasteiger charge is -2.06. The average molecular weight is 256 g/mol. The summed E-state index contributed by atoms with van der Waals surface area (Å²) in [5, 5.41) is 11.1. The molecule has 90 valence electrons. The third-order valence-electron chi connectivity index (χ3n) is 2.55. The summed E-state index contributed by atoms with van der Waals surface area (Å²) < 4.78 is 5.09. The fourth-order valence-corrected chi connectivity index (χ4v) is 2.32. The Bertz CT molecular complexity index is 592. The van der Waals surface area contributed by atoms with E-state index in [1.54, 1.807) is 7.11 Å². The summed E-state index contributed by atoms with van der Waals surface area (Å²) in [5.74, 6) is 0.765. The van der Waals surface area contributed by atoms with Crippen LogP contribution in [0.1, 0.15) is 10.4 Å². The highest BCUT2D eigenvalue weighted by molar-refractivity contribution is 7.11. The Kier molecular flexibility index (Phi) is 3.66. The molecule has 2 aromatic rings. The molecule has 0 bridgehead atoms. The van der Waals surface area contributed by atoms with Crippen molar-refractivity contribution < 1.29 is 4.74 Å². The number of nitriles is 1. The number of thiophene rings is 1. The minimum Gasteiger partial charge on any atom is -0.497 e. The van der Waals surface area contributed by atoms with Crippen molar-refractivity contribution in [1.29, 1.82) is 5.26 Å². The summed E-state index contributed by atoms with van der Waals surface area (Å²) in [5.41, 5.74) is 7.87. The Morgan fingerprint density at radius 2 is 2.00 bits per heavy atom. The minimum atomic E-state index is 0.489. The van der Waals surface area contributed by atoms with E-state index in [-0.39, 0.29) is 0 Å². The number of hydrogen-bond donors (Lipinski definition) is 1. The van der Waals surface area contributed by atoms with E-state index in [2.05, 4.69) is 6.07 Å². The van der Waals surface area contributed by atoms with Crippen LogP contribution in [-0.4, -0.2) is 7.11 Å². The number of ether oxygens (including phenoxy) is 1. The summed E-state index contributed by atoms with van der Waals surface area (Å²) in [6, 6.07) is 13.3. The maximum Gasteiger partial charge on any atom is 0.118 e. The largest absolute Gasteiger partial charge is 0.497 e. The highest BCUT2D eigenvalue weighted by atomic mass is 32.1. The zero-order chi connectivity index (χ0) is 13.0. The quantitative estimate of drug-likeness (QED) is 0.858. The average Bonchev–Trinajstić information content (AvgIpc) is 2.93. The first-order valence-electron chi connectivity index (χ1n) is 5.34. The maximum absolute atomic E-state index is 9.22. The summed E-state index contributed by atoms with van der Waals surface area (Å²) in [6.07, 6.45) is 0. The predicted molar refractivity (Wildman–Crippen MR) is 73.9 cm³/mol. The standard InChI is InChI=1S/C14H12N2OS/c1-17-11-6-4-10(5-7-11)14(16)12(9-15)13-3-2-8-18-13/h2-8H,16H2,1H3/b14-12+. The summed E-state index contributed by atoms with van der Waals surface area (Å²) in [6.45, 7) is 0. The van der Waals surface area contributed by atoms with Crippen LogP contribution < -0.4 is 10.5 Å². The third-order valence-corrected chi connectivity index (χ3v) is 3.44. The Balaban J connectivity index is 2.44. The molecule has 0 aliphatic carbocycles. The maximum atomic E-state index is 9.22. The molecule has 0 saturated heterocycles. The van der Waals surface area contributed by atoms with Crippen LogP contribution in [0.2, 0.25) is 0 Å². The SMILES string of the molecule is COc1ccc(/C(N)=C(/C#N)c2cccs2)cc1. The lowest BCUT2D eigenvalue weighted by molar-refractivity contribution is 0.415. The number of benzene rings is 1. The molecule has 0 spiro atoms.